The fourth-order valence-corrected chi connectivity index (χ4v) is 2.66. The summed E-state index contributed by atoms with van der Waals surface area (Å²) in [4.78, 5) is 0. The SMILES string of the molecule is CCCC(CCC)CC1(CC)CC1. The van der Waals surface area contributed by atoms with E-state index in [9.17, 15) is 0 Å². The van der Waals surface area contributed by atoms with E-state index < -0.39 is 0 Å². The van der Waals surface area contributed by atoms with E-state index in [0.29, 0.717) is 0 Å². The molecule has 1 fully saturated rings. The maximum atomic E-state index is 2.38. The molecule has 0 nitrogen and oxygen atoms in total. The van der Waals surface area contributed by atoms with E-state index in [1.165, 1.54) is 51.4 Å². The molecule has 0 aromatic carbocycles. The van der Waals surface area contributed by atoms with Crippen LogP contribution in [0.3, 0.4) is 0 Å². The lowest BCUT2D eigenvalue weighted by Gasteiger charge is -2.21. The highest BCUT2D eigenvalue weighted by Crippen LogP contribution is 2.54. The minimum Gasteiger partial charge on any atom is -0.0654 e. The van der Waals surface area contributed by atoms with Gasteiger partial charge in [-0.05, 0) is 30.6 Å². The van der Waals surface area contributed by atoms with Gasteiger partial charge in [0, 0.05) is 0 Å². The zero-order valence-corrected chi connectivity index (χ0v) is 9.73. The molecule has 0 saturated heterocycles. The van der Waals surface area contributed by atoms with Gasteiger partial charge in [-0.15, -0.1) is 0 Å². The molecule has 0 unspecified atom stereocenters. The molecule has 0 amide bonds. The molecule has 78 valence electrons. The fraction of sp³-hybridized carbons (Fsp3) is 1.00. The minimum absolute atomic E-state index is 0.814. The first kappa shape index (κ1) is 11.1. The van der Waals surface area contributed by atoms with Gasteiger partial charge < -0.3 is 0 Å². The van der Waals surface area contributed by atoms with Gasteiger partial charge in [-0.25, -0.2) is 0 Å². The highest BCUT2D eigenvalue weighted by atomic mass is 14.5. The van der Waals surface area contributed by atoms with Gasteiger partial charge in [-0.3, -0.25) is 0 Å². The molecule has 0 aromatic rings. The van der Waals surface area contributed by atoms with Gasteiger partial charge in [0.2, 0.25) is 0 Å². The van der Waals surface area contributed by atoms with Crippen molar-refractivity contribution in [3.8, 4) is 0 Å². The molecule has 0 bridgehead atoms. The molecule has 0 heteroatoms. The molecule has 0 aromatic heterocycles. The molecule has 1 aliphatic carbocycles. The monoisotopic (exact) mass is 182 g/mol. The topological polar surface area (TPSA) is 0 Å². The second kappa shape index (κ2) is 5.02. The van der Waals surface area contributed by atoms with Gasteiger partial charge in [-0.1, -0.05) is 52.9 Å². The number of hydrogen-bond donors (Lipinski definition) is 0. The van der Waals surface area contributed by atoms with Crippen LogP contribution in [-0.4, -0.2) is 0 Å². The quantitative estimate of drug-likeness (QED) is 0.531. The van der Waals surface area contributed by atoms with Gasteiger partial charge in [0.15, 0.2) is 0 Å². The Bertz CT molecular complexity index is 127. The number of rotatable bonds is 7. The van der Waals surface area contributed by atoms with Crippen molar-refractivity contribution in [2.45, 2.75) is 72.1 Å². The lowest BCUT2D eigenvalue weighted by atomic mass is 9.85. The molecule has 0 N–H and O–H groups in total. The van der Waals surface area contributed by atoms with Crippen LogP contribution in [0.5, 0.6) is 0 Å². The summed E-state index contributed by atoms with van der Waals surface area (Å²) in [5, 5.41) is 0. The molecule has 0 atom stereocenters. The van der Waals surface area contributed by atoms with Crippen LogP contribution in [0.1, 0.15) is 72.1 Å². The van der Waals surface area contributed by atoms with Gasteiger partial charge in [0.25, 0.3) is 0 Å². The van der Waals surface area contributed by atoms with Crippen molar-refractivity contribution >= 4 is 0 Å². The summed E-state index contributed by atoms with van der Waals surface area (Å²) in [5.74, 6) is 1.04. The average molecular weight is 182 g/mol. The van der Waals surface area contributed by atoms with Crippen molar-refractivity contribution in [2.75, 3.05) is 0 Å². The molecule has 0 heterocycles. The molecular weight excluding hydrogens is 156 g/mol. The smallest absolute Gasteiger partial charge is 0.0297 e. The summed E-state index contributed by atoms with van der Waals surface area (Å²) in [6, 6.07) is 0. The molecular formula is C13H26. The van der Waals surface area contributed by atoms with E-state index in [2.05, 4.69) is 20.8 Å². The lowest BCUT2D eigenvalue weighted by molar-refractivity contribution is 0.307. The van der Waals surface area contributed by atoms with Crippen LogP contribution < -0.4 is 0 Å². The van der Waals surface area contributed by atoms with Gasteiger partial charge >= 0.3 is 0 Å². The van der Waals surface area contributed by atoms with Crippen molar-refractivity contribution in [3.05, 3.63) is 0 Å². The molecule has 0 radical (unpaired) electrons. The summed E-state index contributed by atoms with van der Waals surface area (Å²) >= 11 is 0. The van der Waals surface area contributed by atoms with E-state index in [1.54, 1.807) is 0 Å². The lowest BCUT2D eigenvalue weighted by Crippen LogP contribution is -2.08. The van der Waals surface area contributed by atoms with Crippen molar-refractivity contribution in [1.82, 2.24) is 0 Å². The molecule has 13 heavy (non-hydrogen) atoms. The third kappa shape index (κ3) is 3.32. The van der Waals surface area contributed by atoms with Crippen LogP contribution in [0.2, 0.25) is 0 Å². The van der Waals surface area contributed by atoms with E-state index in [-0.39, 0.29) is 0 Å². The summed E-state index contributed by atoms with van der Waals surface area (Å²) in [6.45, 7) is 7.03. The summed E-state index contributed by atoms with van der Waals surface area (Å²) in [6.07, 6.45) is 11.7. The Labute approximate surface area is 84.1 Å². The van der Waals surface area contributed by atoms with Crippen LogP contribution in [0.4, 0.5) is 0 Å². The standard InChI is InChI=1S/C13H26/c1-4-7-12(8-5-2)11-13(6-3)9-10-13/h12H,4-11H2,1-3H3. The van der Waals surface area contributed by atoms with Crippen LogP contribution in [0, 0.1) is 11.3 Å². The predicted molar refractivity (Wildman–Crippen MR) is 59.9 cm³/mol. The van der Waals surface area contributed by atoms with Crippen LogP contribution in [0.15, 0.2) is 0 Å². The van der Waals surface area contributed by atoms with Crippen molar-refractivity contribution in [1.29, 1.82) is 0 Å². The van der Waals surface area contributed by atoms with Crippen LogP contribution in [0.25, 0.3) is 0 Å². The van der Waals surface area contributed by atoms with Crippen LogP contribution >= 0.6 is 0 Å². The third-order valence-corrected chi connectivity index (χ3v) is 3.82. The number of hydrogen-bond acceptors (Lipinski definition) is 0. The molecule has 0 spiro atoms. The Balaban J connectivity index is 2.28. The third-order valence-electron chi connectivity index (χ3n) is 3.82. The van der Waals surface area contributed by atoms with Crippen LogP contribution in [-0.2, 0) is 0 Å². The summed E-state index contributed by atoms with van der Waals surface area (Å²) < 4.78 is 0. The first-order chi connectivity index (χ1) is 6.26. The summed E-state index contributed by atoms with van der Waals surface area (Å²) in [7, 11) is 0. The second-order valence-electron chi connectivity index (χ2n) is 5.00. The van der Waals surface area contributed by atoms with Crippen molar-refractivity contribution < 1.29 is 0 Å². The Hall–Kier alpha value is 0. The zero-order valence-electron chi connectivity index (χ0n) is 9.73. The Kier molecular flexibility index (Phi) is 4.28. The first-order valence-corrected chi connectivity index (χ1v) is 6.26. The second-order valence-corrected chi connectivity index (χ2v) is 5.00. The normalized spacial score (nSPS) is 19.4. The predicted octanol–water partition coefficient (Wildman–Crippen LogP) is 4.78. The van der Waals surface area contributed by atoms with Gasteiger partial charge in [0.1, 0.15) is 0 Å². The molecule has 1 rings (SSSR count). The van der Waals surface area contributed by atoms with E-state index in [0.717, 1.165) is 11.3 Å². The van der Waals surface area contributed by atoms with E-state index in [4.69, 9.17) is 0 Å². The Morgan fingerprint density at radius 3 is 1.85 bits per heavy atom. The maximum absolute atomic E-state index is 2.38. The Morgan fingerprint density at radius 1 is 1.00 bits per heavy atom. The maximum Gasteiger partial charge on any atom is -0.0297 e. The van der Waals surface area contributed by atoms with Gasteiger partial charge in [-0.2, -0.15) is 0 Å². The summed E-state index contributed by atoms with van der Waals surface area (Å²) in [5.41, 5.74) is 0.814. The molecule has 1 saturated carbocycles. The Morgan fingerprint density at radius 2 is 1.54 bits per heavy atom. The largest absolute Gasteiger partial charge is 0.0654 e. The fourth-order valence-electron chi connectivity index (χ4n) is 2.66. The van der Waals surface area contributed by atoms with Crippen molar-refractivity contribution in [3.63, 3.8) is 0 Å². The van der Waals surface area contributed by atoms with Crippen molar-refractivity contribution in [2.24, 2.45) is 11.3 Å². The molecule has 0 aliphatic heterocycles. The minimum atomic E-state index is 0.814. The van der Waals surface area contributed by atoms with E-state index >= 15 is 0 Å². The average Bonchev–Trinajstić information content (AvgIpc) is 2.87. The highest BCUT2D eigenvalue weighted by Gasteiger charge is 2.41. The zero-order chi connectivity index (χ0) is 9.73. The van der Waals surface area contributed by atoms with E-state index in [1.807, 2.05) is 0 Å². The molecule has 1 aliphatic rings. The highest BCUT2D eigenvalue weighted by molar-refractivity contribution is 4.93. The first-order valence-electron chi connectivity index (χ1n) is 6.26. The van der Waals surface area contributed by atoms with Gasteiger partial charge in [0.05, 0.1) is 0 Å².